The molecular weight excluding hydrogens is 242 g/mol. The van der Waals surface area contributed by atoms with Crippen LogP contribution in [0.4, 0.5) is 8.78 Å². The molecule has 0 unspecified atom stereocenters. The molecule has 0 atom stereocenters. The Bertz CT molecular complexity index is 498. The second kappa shape index (κ2) is 5.96. The summed E-state index contributed by atoms with van der Waals surface area (Å²) in [7, 11) is 2.67. The van der Waals surface area contributed by atoms with Crippen molar-refractivity contribution in [3.63, 3.8) is 0 Å². The molecule has 0 saturated carbocycles. The van der Waals surface area contributed by atoms with Crippen molar-refractivity contribution in [3.05, 3.63) is 29.3 Å². The van der Waals surface area contributed by atoms with Gasteiger partial charge >= 0.3 is 5.91 Å². The number of carbonyl (C=O) groups excluding carboxylic acids is 1. The Morgan fingerprint density at radius 2 is 2.11 bits per heavy atom. The molecule has 1 aromatic carbocycles. The van der Waals surface area contributed by atoms with Crippen LogP contribution in [0.5, 0.6) is 5.75 Å². The van der Waals surface area contributed by atoms with Crippen molar-refractivity contribution in [3.8, 4) is 11.8 Å². The lowest BCUT2D eigenvalue weighted by molar-refractivity contribution is -0.124. The molecular formula is C12H12F2N2O2. The Kier molecular flexibility index (Phi) is 4.60. The number of carbonyl (C=O) groups is 1. The summed E-state index contributed by atoms with van der Waals surface area (Å²) < 4.78 is 31.5. The highest BCUT2D eigenvalue weighted by Gasteiger charge is 2.12. The minimum Gasteiger partial charge on any atom is -0.494 e. The van der Waals surface area contributed by atoms with E-state index >= 15 is 0 Å². The van der Waals surface area contributed by atoms with E-state index in [1.165, 1.54) is 20.2 Å². The van der Waals surface area contributed by atoms with Gasteiger partial charge in [-0.1, -0.05) is 0 Å². The first-order chi connectivity index (χ1) is 8.49. The van der Waals surface area contributed by atoms with E-state index in [-0.39, 0.29) is 24.3 Å². The number of halogens is 2. The zero-order valence-electron chi connectivity index (χ0n) is 10.0. The smallest absolute Gasteiger partial charge is 0.324 e. The first-order valence-electron chi connectivity index (χ1n) is 5.16. The number of hydrogen-bond acceptors (Lipinski definition) is 3. The van der Waals surface area contributed by atoms with Crippen molar-refractivity contribution in [2.45, 2.75) is 6.42 Å². The van der Waals surface area contributed by atoms with Crippen molar-refractivity contribution >= 4 is 5.91 Å². The van der Waals surface area contributed by atoms with Gasteiger partial charge in [0.15, 0.2) is 17.6 Å². The predicted octanol–water partition coefficient (Wildman–Crippen LogP) is 1.50. The molecule has 1 aromatic rings. The van der Waals surface area contributed by atoms with Crippen molar-refractivity contribution < 1.29 is 18.3 Å². The second-order valence-corrected chi connectivity index (χ2v) is 3.67. The standard InChI is InChI=1S/C12H12F2N2O2/c1-16(12(17)7-15)4-3-8-5-10(14)11(18-2)6-9(8)13/h5-6H,3-4H2,1-2H3. The zero-order valence-corrected chi connectivity index (χ0v) is 10.0. The molecule has 0 saturated heterocycles. The summed E-state index contributed by atoms with van der Waals surface area (Å²) in [6.07, 6.45) is 0.122. The van der Waals surface area contributed by atoms with Gasteiger partial charge in [-0.2, -0.15) is 5.26 Å². The van der Waals surface area contributed by atoms with Crippen LogP contribution in [0.3, 0.4) is 0 Å². The largest absolute Gasteiger partial charge is 0.494 e. The Morgan fingerprint density at radius 1 is 1.44 bits per heavy atom. The highest BCUT2D eigenvalue weighted by atomic mass is 19.1. The normalized spacial score (nSPS) is 9.72. The van der Waals surface area contributed by atoms with Gasteiger partial charge in [-0.05, 0) is 18.1 Å². The van der Waals surface area contributed by atoms with Crippen LogP contribution in [0, 0.1) is 23.0 Å². The molecule has 0 heterocycles. The molecule has 0 N–H and O–H groups in total. The fourth-order valence-corrected chi connectivity index (χ4v) is 1.39. The van der Waals surface area contributed by atoms with Crippen molar-refractivity contribution in [2.24, 2.45) is 0 Å². The average Bonchev–Trinajstić information content (AvgIpc) is 2.37. The summed E-state index contributed by atoms with van der Waals surface area (Å²) >= 11 is 0. The van der Waals surface area contributed by atoms with Gasteiger partial charge in [-0.25, -0.2) is 8.78 Å². The molecule has 0 fully saturated rings. The maximum absolute atomic E-state index is 13.5. The van der Waals surface area contributed by atoms with Crippen LogP contribution in [-0.2, 0) is 11.2 Å². The Hall–Kier alpha value is -2.16. The van der Waals surface area contributed by atoms with E-state index < -0.39 is 17.5 Å². The minimum absolute atomic E-state index is 0.122. The van der Waals surface area contributed by atoms with Gasteiger partial charge in [0.2, 0.25) is 0 Å². The summed E-state index contributed by atoms with van der Waals surface area (Å²) in [4.78, 5) is 12.1. The van der Waals surface area contributed by atoms with Gasteiger partial charge in [0, 0.05) is 19.7 Å². The molecule has 0 bridgehead atoms. The van der Waals surface area contributed by atoms with E-state index in [2.05, 4.69) is 4.74 Å². The number of ether oxygens (including phenoxy) is 1. The van der Waals surface area contributed by atoms with Gasteiger partial charge in [-0.15, -0.1) is 0 Å². The van der Waals surface area contributed by atoms with Crippen LogP contribution < -0.4 is 4.74 Å². The van der Waals surface area contributed by atoms with Crippen molar-refractivity contribution in [2.75, 3.05) is 20.7 Å². The molecule has 6 heteroatoms. The Morgan fingerprint density at radius 3 is 2.67 bits per heavy atom. The summed E-state index contributed by atoms with van der Waals surface area (Å²) in [5, 5.41) is 8.38. The van der Waals surface area contributed by atoms with Gasteiger partial charge in [-0.3, -0.25) is 4.79 Å². The molecule has 0 radical (unpaired) electrons. The second-order valence-electron chi connectivity index (χ2n) is 3.67. The number of nitrogens with zero attached hydrogens (tertiary/aromatic N) is 2. The maximum Gasteiger partial charge on any atom is 0.324 e. The maximum atomic E-state index is 13.5. The number of methoxy groups -OCH3 is 1. The topological polar surface area (TPSA) is 53.3 Å². The van der Waals surface area contributed by atoms with Gasteiger partial charge in [0.25, 0.3) is 0 Å². The molecule has 18 heavy (non-hydrogen) atoms. The first kappa shape index (κ1) is 13.9. The molecule has 0 aliphatic heterocycles. The molecule has 0 aliphatic rings. The summed E-state index contributed by atoms with van der Waals surface area (Å²) in [5.74, 6) is -2.16. The van der Waals surface area contributed by atoms with Crippen molar-refractivity contribution in [1.82, 2.24) is 4.90 Å². The average molecular weight is 254 g/mol. The zero-order chi connectivity index (χ0) is 13.7. The monoisotopic (exact) mass is 254 g/mol. The summed E-state index contributed by atoms with van der Waals surface area (Å²) in [6, 6.07) is 3.43. The van der Waals surface area contributed by atoms with Gasteiger partial charge in [0.05, 0.1) is 7.11 Å². The third-order valence-electron chi connectivity index (χ3n) is 2.48. The van der Waals surface area contributed by atoms with Crippen molar-refractivity contribution in [1.29, 1.82) is 5.26 Å². The first-order valence-corrected chi connectivity index (χ1v) is 5.16. The lowest BCUT2D eigenvalue weighted by atomic mass is 10.1. The molecule has 0 aliphatic carbocycles. The van der Waals surface area contributed by atoms with Crippen LogP contribution in [0.25, 0.3) is 0 Å². The third kappa shape index (κ3) is 3.17. The highest BCUT2D eigenvalue weighted by Crippen LogP contribution is 2.21. The number of likely N-dealkylation sites (N-methyl/N-ethyl adjacent to an activating group) is 1. The molecule has 0 aromatic heterocycles. The molecule has 1 rings (SSSR count). The SMILES string of the molecule is COc1cc(F)c(CCN(C)C(=O)C#N)cc1F. The van der Waals surface area contributed by atoms with Gasteiger partial charge in [0.1, 0.15) is 5.82 Å². The number of hydrogen-bond donors (Lipinski definition) is 0. The number of nitriles is 1. The Balaban J connectivity index is 2.78. The number of rotatable bonds is 4. The van der Waals surface area contributed by atoms with Crippen LogP contribution in [0.15, 0.2) is 12.1 Å². The van der Waals surface area contributed by atoms with Crippen LogP contribution in [0.1, 0.15) is 5.56 Å². The number of amides is 1. The molecule has 1 amide bonds. The van der Waals surface area contributed by atoms with Crippen LogP contribution in [0.2, 0.25) is 0 Å². The van der Waals surface area contributed by atoms with E-state index in [9.17, 15) is 13.6 Å². The Labute approximate surface area is 103 Å². The van der Waals surface area contributed by atoms with Gasteiger partial charge < -0.3 is 9.64 Å². The fourth-order valence-electron chi connectivity index (χ4n) is 1.39. The minimum atomic E-state index is -0.718. The number of benzene rings is 1. The van der Waals surface area contributed by atoms with E-state index in [0.29, 0.717) is 0 Å². The highest BCUT2D eigenvalue weighted by molar-refractivity contribution is 5.90. The van der Waals surface area contributed by atoms with Crippen LogP contribution >= 0.6 is 0 Å². The van der Waals surface area contributed by atoms with E-state index in [1.807, 2.05) is 0 Å². The lowest BCUT2D eigenvalue weighted by Gasteiger charge is -2.13. The third-order valence-corrected chi connectivity index (χ3v) is 2.48. The van der Waals surface area contributed by atoms with E-state index in [1.54, 1.807) is 0 Å². The predicted molar refractivity (Wildman–Crippen MR) is 59.9 cm³/mol. The fraction of sp³-hybridized carbons (Fsp3) is 0.333. The summed E-state index contributed by atoms with van der Waals surface area (Å²) in [6.45, 7) is 0.134. The lowest BCUT2D eigenvalue weighted by Crippen LogP contribution is -2.27. The molecule has 0 spiro atoms. The molecule has 96 valence electrons. The van der Waals surface area contributed by atoms with Crippen LogP contribution in [-0.4, -0.2) is 31.5 Å². The van der Waals surface area contributed by atoms with E-state index in [4.69, 9.17) is 5.26 Å². The van der Waals surface area contributed by atoms with E-state index in [0.717, 1.165) is 17.0 Å². The quantitative estimate of drug-likeness (QED) is 0.765. The summed E-state index contributed by atoms with van der Waals surface area (Å²) in [5.41, 5.74) is 0.130. The molecule has 4 nitrogen and oxygen atoms in total.